The van der Waals surface area contributed by atoms with E-state index in [1.807, 2.05) is 0 Å². The van der Waals surface area contributed by atoms with Crippen molar-refractivity contribution in [1.82, 2.24) is 20.2 Å². The summed E-state index contributed by atoms with van der Waals surface area (Å²) in [4.78, 5) is 36.7. The third-order valence-corrected chi connectivity index (χ3v) is 3.42. The van der Waals surface area contributed by atoms with Crippen LogP contribution in [0.3, 0.4) is 0 Å². The maximum atomic E-state index is 11.8. The van der Waals surface area contributed by atoms with Gasteiger partial charge in [-0.05, 0) is 6.92 Å². The zero-order valence-corrected chi connectivity index (χ0v) is 11.8. The number of carbonyl (C=O) groups is 1. The molecule has 1 aromatic heterocycles. The van der Waals surface area contributed by atoms with E-state index in [-0.39, 0.29) is 6.61 Å². The van der Waals surface area contributed by atoms with Crippen molar-refractivity contribution >= 4 is 6.03 Å². The van der Waals surface area contributed by atoms with Crippen molar-refractivity contribution in [2.75, 3.05) is 13.7 Å². The van der Waals surface area contributed by atoms with E-state index in [1.165, 1.54) is 17.8 Å². The van der Waals surface area contributed by atoms with E-state index < -0.39 is 35.7 Å². The molecule has 9 nitrogen and oxygen atoms in total. The standard InChI is InChI=1S/C12H18N4O5/c1-6-4-16(12(20)15-10(6)18)9-3-7(8(5-17)21-9)14-11(19)13-2/h4,7-9,17H,3,5H2,1-2H3,(H2,13,14,19)(H,15,18,20)/t7?,8-,9-/m1/s1. The molecule has 2 rings (SSSR count). The Balaban J connectivity index is 2.23. The summed E-state index contributed by atoms with van der Waals surface area (Å²) < 4.78 is 6.83. The smallest absolute Gasteiger partial charge is 0.330 e. The lowest BCUT2D eigenvalue weighted by Crippen LogP contribution is -2.45. The molecule has 4 N–H and O–H groups in total. The summed E-state index contributed by atoms with van der Waals surface area (Å²) in [5, 5.41) is 14.4. The Kier molecular flexibility index (Phi) is 4.43. The van der Waals surface area contributed by atoms with Crippen LogP contribution in [0, 0.1) is 6.92 Å². The molecule has 1 unspecified atom stereocenters. The molecule has 1 aliphatic rings. The van der Waals surface area contributed by atoms with Crippen molar-refractivity contribution in [3.05, 3.63) is 32.6 Å². The van der Waals surface area contributed by atoms with Crippen LogP contribution in [0.25, 0.3) is 0 Å². The number of amides is 2. The monoisotopic (exact) mass is 298 g/mol. The summed E-state index contributed by atoms with van der Waals surface area (Å²) in [5.41, 5.74) is -0.665. The van der Waals surface area contributed by atoms with Crippen molar-refractivity contribution in [3.8, 4) is 0 Å². The first-order valence-electron chi connectivity index (χ1n) is 6.53. The normalized spacial score (nSPS) is 24.8. The van der Waals surface area contributed by atoms with E-state index in [0.717, 1.165) is 0 Å². The number of aromatic nitrogens is 2. The minimum Gasteiger partial charge on any atom is -0.394 e. The van der Waals surface area contributed by atoms with E-state index in [4.69, 9.17) is 4.74 Å². The van der Waals surface area contributed by atoms with Crippen molar-refractivity contribution in [1.29, 1.82) is 0 Å². The number of hydrogen-bond acceptors (Lipinski definition) is 5. The number of aliphatic hydroxyl groups excluding tert-OH is 1. The number of aliphatic hydroxyl groups is 1. The second kappa shape index (κ2) is 6.10. The van der Waals surface area contributed by atoms with Gasteiger partial charge < -0.3 is 20.5 Å². The third-order valence-electron chi connectivity index (χ3n) is 3.42. The fourth-order valence-corrected chi connectivity index (χ4v) is 2.26. The predicted octanol–water partition coefficient (Wildman–Crippen LogP) is -1.58. The Morgan fingerprint density at radius 1 is 1.57 bits per heavy atom. The van der Waals surface area contributed by atoms with Gasteiger partial charge in [0.25, 0.3) is 5.56 Å². The maximum absolute atomic E-state index is 11.8. The molecule has 2 heterocycles. The molecule has 116 valence electrons. The number of nitrogens with zero attached hydrogens (tertiary/aromatic N) is 1. The van der Waals surface area contributed by atoms with Gasteiger partial charge in [-0.15, -0.1) is 0 Å². The minimum absolute atomic E-state index is 0.289. The number of nitrogens with one attached hydrogen (secondary N) is 3. The first-order valence-corrected chi connectivity index (χ1v) is 6.53. The third kappa shape index (κ3) is 3.14. The summed E-state index contributed by atoms with van der Waals surface area (Å²) >= 11 is 0. The first kappa shape index (κ1) is 15.3. The van der Waals surface area contributed by atoms with Crippen LogP contribution in [0.15, 0.2) is 15.8 Å². The van der Waals surface area contributed by atoms with Crippen LogP contribution in [0.5, 0.6) is 0 Å². The average Bonchev–Trinajstić information content (AvgIpc) is 2.85. The Labute approximate surface area is 119 Å². The van der Waals surface area contributed by atoms with Crippen LogP contribution in [0.1, 0.15) is 18.2 Å². The van der Waals surface area contributed by atoms with Gasteiger partial charge >= 0.3 is 11.7 Å². The number of H-pyrrole nitrogens is 1. The Bertz CT molecular complexity index is 637. The molecule has 1 fully saturated rings. The molecule has 2 amide bonds. The molecule has 1 saturated heterocycles. The Hall–Kier alpha value is -2.13. The fraction of sp³-hybridized carbons (Fsp3) is 0.583. The van der Waals surface area contributed by atoms with Gasteiger partial charge in [-0.25, -0.2) is 9.59 Å². The maximum Gasteiger partial charge on any atom is 0.330 e. The molecule has 1 aliphatic heterocycles. The molecule has 0 bridgehead atoms. The summed E-state index contributed by atoms with van der Waals surface area (Å²) in [6.45, 7) is 1.29. The lowest BCUT2D eigenvalue weighted by Gasteiger charge is -2.16. The first-order chi connectivity index (χ1) is 9.96. The SMILES string of the molecule is CNC(=O)NC1C[C@H](n2cc(C)c(=O)[nH]c2=O)O[C@@H]1CO. The molecular weight excluding hydrogens is 280 g/mol. The van der Waals surface area contributed by atoms with Crippen molar-refractivity contribution < 1.29 is 14.6 Å². The van der Waals surface area contributed by atoms with Crippen molar-refractivity contribution in [2.24, 2.45) is 0 Å². The van der Waals surface area contributed by atoms with Crippen LogP contribution < -0.4 is 21.9 Å². The van der Waals surface area contributed by atoms with Crippen LogP contribution in [-0.4, -0.2) is 46.5 Å². The molecular formula is C12H18N4O5. The van der Waals surface area contributed by atoms with Gasteiger partial charge in [-0.3, -0.25) is 14.3 Å². The minimum atomic E-state index is -0.660. The van der Waals surface area contributed by atoms with E-state index >= 15 is 0 Å². The molecule has 0 aliphatic carbocycles. The van der Waals surface area contributed by atoms with Gasteiger partial charge in [0.05, 0.1) is 12.6 Å². The van der Waals surface area contributed by atoms with E-state index in [2.05, 4.69) is 15.6 Å². The van der Waals surface area contributed by atoms with Crippen LogP contribution in [0.4, 0.5) is 4.79 Å². The van der Waals surface area contributed by atoms with Crippen LogP contribution in [0.2, 0.25) is 0 Å². The number of carbonyl (C=O) groups excluding carboxylic acids is 1. The topological polar surface area (TPSA) is 125 Å². The highest BCUT2D eigenvalue weighted by atomic mass is 16.5. The van der Waals surface area contributed by atoms with Gasteiger partial charge in [0.15, 0.2) is 0 Å². The number of hydrogen-bond donors (Lipinski definition) is 4. The summed E-state index contributed by atoms with van der Waals surface area (Å²) in [7, 11) is 1.48. The van der Waals surface area contributed by atoms with Gasteiger partial charge in [0, 0.05) is 25.2 Å². The second-order valence-corrected chi connectivity index (χ2v) is 4.86. The lowest BCUT2D eigenvalue weighted by molar-refractivity contribution is -0.0285. The highest BCUT2D eigenvalue weighted by Gasteiger charge is 2.37. The highest BCUT2D eigenvalue weighted by molar-refractivity contribution is 5.73. The average molecular weight is 298 g/mol. The molecule has 9 heteroatoms. The van der Waals surface area contributed by atoms with Crippen LogP contribution in [-0.2, 0) is 4.74 Å². The lowest BCUT2D eigenvalue weighted by atomic mass is 10.1. The van der Waals surface area contributed by atoms with E-state index in [0.29, 0.717) is 12.0 Å². The number of rotatable bonds is 3. The van der Waals surface area contributed by atoms with Gasteiger partial charge in [0.2, 0.25) is 0 Å². The Morgan fingerprint density at radius 3 is 2.90 bits per heavy atom. The van der Waals surface area contributed by atoms with Gasteiger partial charge in [-0.2, -0.15) is 0 Å². The van der Waals surface area contributed by atoms with Gasteiger partial charge in [0.1, 0.15) is 12.3 Å². The largest absolute Gasteiger partial charge is 0.394 e. The zero-order chi connectivity index (χ0) is 15.6. The molecule has 21 heavy (non-hydrogen) atoms. The fourth-order valence-electron chi connectivity index (χ4n) is 2.26. The molecule has 0 spiro atoms. The molecule has 0 aromatic carbocycles. The molecule has 0 radical (unpaired) electrons. The summed E-state index contributed by atoms with van der Waals surface area (Å²) in [6, 6.07) is -0.827. The quantitative estimate of drug-likeness (QED) is 0.536. The Morgan fingerprint density at radius 2 is 2.29 bits per heavy atom. The number of aromatic amines is 1. The van der Waals surface area contributed by atoms with Crippen LogP contribution >= 0.6 is 0 Å². The van der Waals surface area contributed by atoms with E-state index in [1.54, 1.807) is 6.92 Å². The summed E-state index contributed by atoms with van der Waals surface area (Å²) in [6.07, 6.45) is 0.436. The molecule has 0 saturated carbocycles. The van der Waals surface area contributed by atoms with Crippen molar-refractivity contribution in [2.45, 2.75) is 31.7 Å². The summed E-state index contributed by atoms with van der Waals surface area (Å²) in [5.74, 6) is 0. The predicted molar refractivity (Wildman–Crippen MR) is 73.1 cm³/mol. The second-order valence-electron chi connectivity index (χ2n) is 4.86. The number of urea groups is 1. The van der Waals surface area contributed by atoms with Crippen molar-refractivity contribution in [3.63, 3.8) is 0 Å². The number of aryl methyl sites for hydroxylation is 1. The highest BCUT2D eigenvalue weighted by Crippen LogP contribution is 2.27. The van der Waals surface area contributed by atoms with E-state index in [9.17, 15) is 19.5 Å². The van der Waals surface area contributed by atoms with Gasteiger partial charge in [-0.1, -0.05) is 0 Å². The molecule has 3 atom stereocenters. The molecule has 1 aromatic rings. The zero-order valence-electron chi connectivity index (χ0n) is 11.8. The number of ether oxygens (including phenoxy) is 1.